The summed E-state index contributed by atoms with van der Waals surface area (Å²) in [6.45, 7) is 15.3. The summed E-state index contributed by atoms with van der Waals surface area (Å²) in [7, 11) is 0. The SMILES string of the molecule is CC(C)(C)c1ccc(/C=C/c2ccc(CNCc3ccc(C(C)(C)C)cc3)cc2)cc1. The maximum Gasteiger partial charge on any atom is 0.0208 e. The van der Waals surface area contributed by atoms with Crippen molar-refractivity contribution < 1.29 is 0 Å². The summed E-state index contributed by atoms with van der Waals surface area (Å²) in [5.74, 6) is 0. The molecule has 0 amide bonds. The molecule has 31 heavy (non-hydrogen) atoms. The minimum atomic E-state index is 0.196. The normalized spacial score (nSPS) is 12.5. The predicted molar refractivity (Wildman–Crippen MR) is 136 cm³/mol. The molecule has 162 valence electrons. The van der Waals surface area contributed by atoms with E-state index in [4.69, 9.17) is 0 Å². The van der Waals surface area contributed by atoms with Gasteiger partial charge >= 0.3 is 0 Å². The summed E-state index contributed by atoms with van der Waals surface area (Å²) < 4.78 is 0. The zero-order valence-corrected chi connectivity index (χ0v) is 20.0. The van der Waals surface area contributed by atoms with Gasteiger partial charge in [0.15, 0.2) is 0 Å². The molecular weight excluding hydrogens is 374 g/mol. The van der Waals surface area contributed by atoms with E-state index in [1.807, 2.05) is 0 Å². The van der Waals surface area contributed by atoms with E-state index in [1.54, 1.807) is 0 Å². The first-order valence-electron chi connectivity index (χ1n) is 11.3. The van der Waals surface area contributed by atoms with E-state index in [9.17, 15) is 0 Å². The summed E-state index contributed by atoms with van der Waals surface area (Å²) in [5, 5.41) is 3.55. The monoisotopic (exact) mass is 411 g/mol. The Balaban J connectivity index is 1.50. The lowest BCUT2D eigenvalue weighted by Crippen LogP contribution is -2.14. The van der Waals surface area contributed by atoms with Gasteiger partial charge in [0, 0.05) is 13.1 Å². The van der Waals surface area contributed by atoms with Crippen molar-refractivity contribution in [2.75, 3.05) is 0 Å². The highest BCUT2D eigenvalue weighted by Crippen LogP contribution is 2.23. The molecule has 0 heterocycles. The van der Waals surface area contributed by atoms with Crippen molar-refractivity contribution >= 4 is 12.2 Å². The Bertz CT molecular complexity index is 977. The fourth-order valence-corrected chi connectivity index (χ4v) is 3.51. The average molecular weight is 412 g/mol. The van der Waals surface area contributed by atoms with Gasteiger partial charge in [-0.2, -0.15) is 0 Å². The number of rotatable bonds is 6. The van der Waals surface area contributed by atoms with Crippen molar-refractivity contribution in [3.8, 4) is 0 Å². The van der Waals surface area contributed by atoms with E-state index >= 15 is 0 Å². The first-order valence-corrected chi connectivity index (χ1v) is 11.3. The highest BCUT2D eigenvalue weighted by molar-refractivity contribution is 5.69. The number of hydrogen-bond donors (Lipinski definition) is 1. The van der Waals surface area contributed by atoms with Gasteiger partial charge in [0.1, 0.15) is 0 Å². The van der Waals surface area contributed by atoms with E-state index < -0.39 is 0 Å². The Morgan fingerprint density at radius 2 is 0.839 bits per heavy atom. The summed E-state index contributed by atoms with van der Waals surface area (Å²) >= 11 is 0. The van der Waals surface area contributed by atoms with Crippen molar-refractivity contribution in [1.82, 2.24) is 5.32 Å². The van der Waals surface area contributed by atoms with Crippen LogP contribution < -0.4 is 5.32 Å². The van der Waals surface area contributed by atoms with Crippen molar-refractivity contribution in [3.63, 3.8) is 0 Å². The Kier molecular flexibility index (Phi) is 7.18. The van der Waals surface area contributed by atoms with Crippen LogP contribution in [-0.2, 0) is 23.9 Å². The molecule has 0 aliphatic carbocycles. The van der Waals surface area contributed by atoms with Gasteiger partial charge in [0.2, 0.25) is 0 Å². The van der Waals surface area contributed by atoms with Crippen molar-refractivity contribution in [3.05, 3.63) is 106 Å². The lowest BCUT2D eigenvalue weighted by Gasteiger charge is -2.19. The molecule has 0 spiro atoms. The van der Waals surface area contributed by atoms with Crippen LogP contribution in [0.15, 0.2) is 72.8 Å². The molecule has 3 aromatic rings. The Morgan fingerprint density at radius 3 is 1.23 bits per heavy atom. The molecule has 0 radical (unpaired) electrons. The lowest BCUT2D eigenvalue weighted by atomic mass is 9.87. The van der Waals surface area contributed by atoms with E-state index in [2.05, 4.69) is 132 Å². The molecule has 1 heteroatoms. The van der Waals surface area contributed by atoms with Gasteiger partial charge in [0.05, 0.1) is 0 Å². The van der Waals surface area contributed by atoms with E-state index in [-0.39, 0.29) is 10.8 Å². The van der Waals surface area contributed by atoms with Gasteiger partial charge in [-0.15, -0.1) is 0 Å². The van der Waals surface area contributed by atoms with Crippen molar-refractivity contribution in [2.45, 2.75) is 65.5 Å². The molecule has 1 N–H and O–H groups in total. The molecule has 3 rings (SSSR count). The molecule has 0 aliphatic rings. The van der Waals surface area contributed by atoms with Gasteiger partial charge in [0.25, 0.3) is 0 Å². The fourth-order valence-electron chi connectivity index (χ4n) is 3.51. The van der Waals surface area contributed by atoms with Gasteiger partial charge in [-0.05, 0) is 44.2 Å². The maximum absolute atomic E-state index is 3.55. The second kappa shape index (κ2) is 9.66. The van der Waals surface area contributed by atoms with Gasteiger partial charge in [-0.25, -0.2) is 0 Å². The molecule has 0 aromatic heterocycles. The molecular formula is C30H37N. The van der Waals surface area contributed by atoms with Crippen LogP contribution in [0, 0.1) is 0 Å². The predicted octanol–water partition coefficient (Wildman–Crippen LogP) is 7.74. The molecule has 0 fully saturated rings. The Labute approximate surface area is 189 Å². The smallest absolute Gasteiger partial charge is 0.0208 e. The number of nitrogens with one attached hydrogen (secondary N) is 1. The van der Waals surface area contributed by atoms with Crippen LogP contribution >= 0.6 is 0 Å². The Morgan fingerprint density at radius 1 is 0.516 bits per heavy atom. The first kappa shape index (κ1) is 23.0. The van der Waals surface area contributed by atoms with Gasteiger partial charge in [-0.1, -0.05) is 126 Å². The highest BCUT2D eigenvalue weighted by atomic mass is 14.8. The highest BCUT2D eigenvalue weighted by Gasteiger charge is 2.13. The Hall–Kier alpha value is -2.64. The van der Waals surface area contributed by atoms with E-state index in [1.165, 1.54) is 33.4 Å². The molecule has 0 saturated carbocycles. The second-order valence-corrected chi connectivity index (χ2v) is 10.5. The molecule has 0 saturated heterocycles. The van der Waals surface area contributed by atoms with Gasteiger partial charge < -0.3 is 5.32 Å². The molecule has 1 nitrogen and oxygen atoms in total. The van der Waals surface area contributed by atoms with Crippen LogP contribution in [0.2, 0.25) is 0 Å². The molecule has 0 atom stereocenters. The molecule has 0 bridgehead atoms. The third-order valence-corrected chi connectivity index (χ3v) is 5.70. The summed E-state index contributed by atoms with van der Waals surface area (Å²) in [6, 6.07) is 26.6. The van der Waals surface area contributed by atoms with Crippen molar-refractivity contribution in [1.29, 1.82) is 0 Å². The standard InChI is InChI=1S/C30H37N/c1-29(2,3)27-17-13-24(14-18-27)8-7-23-9-11-25(12-10-23)21-31-22-26-15-19-28(20-16-26)30(4,5)6/h7-20,31H,21-22H2,1-6H3/b8-7+. The summed E-state index contributed by atoms with van der Waals surface area (Å²) in [5.41, 5.74) is 8.23. The van der Waals surface area contributed by atoms with Gasteiger partial charge in [-0.3, -0.25) is 0 Å². The van der Waals surface area contributed by atoms with Crippen LogP contribution in [0.3, 0.4) is 0 Å². The second-order valence-electron chi connectivity index (χ2n) is 10.5. The largest absolute Gasteiger partial charge is 0.309 e. The maximum atomic E-state index is 3.55. The molecule has 3 aromatic carbocycles. The van der Waals surface area contributed by atoms with Crippen LogP contribution in [0.4, 0.5) is 0 Å². The average Bonchev–Trinajstić information content (AvgIpc) is 2.72. The molecule has 0 unspecified atom stereocenters. The van der Waals surface area contributed by atoms with Crippen LogP contribution in [0.5, 0.6) is 0 Å². The minimum Gasteiger partial charge on any atom is -0.309 e. The third-order valence-electron chi connectivity index (χ3n) is 5.70. The number of hydrogen-bond acceptors (Lipinski definition) is 1. The first-order chi connectivity index (χ1) is 14.6. The topological polar surface area (TPSA) is 12.0 Å². The third kappa shape index (κ3) is 6.94. The zero-order chi connectivity index (χ0) is 22.5. The number of benzene rings is 3. The van der Waals surface area contributed by atoms with E-state index in [0.29, 0.717) is 0 Å². The van der Waals surface area contributed by atoms with Crippen LogP contribution in [-0.4, -0.2) is 0 Å². The van der Waals surface area contributed by atoms with E-state index in [0.717, 1.165) is 13.1 Å². The van der Waals surface area contributed by atoms with Crippen molar-refractivity contribution in [2.24, 2.45) is 0 Å². The summed E-state index contributed by atoms with van der Waals surface area (Å²) in [6.07, 6.45) is 4.36. The van der Waals surface area contributed by atoms with Crippen LogP contribution in [0.1, 0.15) is 74.9 Å². The summed E-state index contributed by atoms with van der Waals surface area (Å²) in [4.78, 5) is 0. The van der Waals surface area contributed by atoms with Crippen LogP contribution in [0.25, 0.3) is 12.2 Å². The lowest BCUT2D eigenvalue weighted by molar-refractivity contribution is 0.589. The zero-order valence-electron chi connectivity index (χ0n) is 20.0. The molecule has 0 aliphatic heterocycles. The quantitative estimate of drug-likeness (QED) is 0.409. The fraction of sp³-hybridized carbons (Fsp3) is 0.333. The minimum absolute atomic E-state index is 0.196.